The van der Waals surface area contributed by atoms with Crippen LogP contribution >= 0.6 is 24.0 Å². The van der Waals surface area contributed by atoms with Crippen molar-refractivity contribution in [3.8, 4) is 5.75 Å². The molecule has 1 saturated carbocycles. The van der Waals surface area contributed by atoms with Gasteiger partial charge in [-0.05, 0) is 50.9 Å². The first-order valence-corrected chi connectivity index (χ1v) is 9.41. The molecule has 0 aromatic heterocycles. The lowest BCUT2D eigenvalue weighted by Gasteiger charge is -2.42. The molecule has 6 heteroatoms. The summed E-state index contributed by atoms with van der Waals surface area (Å²) in [5.74, 6) is 0.603. The van der Waals surface area contributed by atoms with E-state index in [4.69, 9.17) is 16.3 Å². The van der Waals surface area contributed by atoms with Crippen LogP contribution in [-0.4, -0.2) is 54.5 Å². The first-order chi connectivity index (χ1) is 11.7. The third-order valence-electron chi connectivity index (χ3n) is 5.38. The van der Waals surface area contributed by atoms with Crippen molar-refractivity contribution < 1.29 is 9.53 Å². The van der Waals surface area contributed by atoms with E-state index in [-0.39, 0.29) is 24.9 Å². The Morgan fingerprint density at radius 1 is 1.20 bits per heavy atom. The summed E-state index contributed by atoms with van der Waals surface area (Å²) in [6.07, 6.45) is 7.35. The van der Waals surface area contributed by atoms with Gasteiger partial charge in [-0.1, -0.05) is 36.6 Å². The van der Waals surface area contributed by atoms with Gasteiger partial charge in [-0.15, -0.1) is 12.4 Å². The molecule has 1 amide bonds. The van der Waals surface area contributed by atoms with Crippen LogP contribution in [0.2, 0.25) is 5.02 Å². The third-order valence-corrected chi connectivity index (χ3v) is 5.69. The molecule has 1 aromatic rings. The van der Waals surface area contributed by atoms with Crippen LogP contribution in [0.1, 0.15) is 38.5 Å². The van der Waals surface area contributed by atoms with E-state index in [9.17, 15) is 4.79 Å². The molecule has 140 valence electrons. The molecule has 1 aromatic carbocycles. The second-order valence-electron chi connectivity index (χ2n) is 6.89. The largest absolute Gasteiger partial charge is 0.482 e. The number of benzene rings is 1. The highest BCUT2D eigenvalue weighted by Gasteiger charge is 2.35. The highest BCUT2D eigenvalue weighted by atomic mass is 35.5. The normalized spacial score (nSPS) is 23.8. The molecule has 2 atom stereocenters. The average Bonchev–Trinajstić information content (AvgIpc) is 3.14. The number of carbonyl (C=O) groups excluding carboxylic acids is 1. The number of carbonyl (C=O) groups is 1. The molecule has 1 aliphatic carbocycles. The molecule has 0 bridgehead atoms. The zero-order valence-corrected chi connectivity index (χ0v) is 16.4. The fourth-order valence-corrected chi connectivity index (χ4v) is 4.22. The summed E-state index contributed by atoms with van der Waals surface area (Å²) in [4.78, 5) is 17.1. The van der Waals surface area contributed by atoms with Crippen molar-refractivity contribution in [1.29, 1.82) is 0 Å². The fourth-order valence-electron chi connectivity index (χ4n) is 4.03. The van der Waals surface area contributed by atoms with Gasteiger partial charge in [0, 0.05) is 19.1 Å². The van der Waals surface area contributed by atoms with Crippen LogP contribution in [0.15, 0.2) is 24.3 Å². The van der Waals surface area contributed by atoms with Gasteiger partial charge in [-0.2, -0.15) is 0 Å². The van der Waals surface area contributed by atoms with Crippen molar-refractivity contribution >= 4 is 29.9 Å². The van der Waals surface area contributed by atoms with Crippen molar-refractivity contribution in [1.82, 2.24) is 9.80 Å². The van der Waals surface area contributed by atoms with Gasteiger partial charge >= 0.3 is 0 Å². The van der Waals surface area contributed by atoms with Gasteiger partial charge in [-0.25, -0.2) is 0 Å². The molecule has 25 heavy (non-hydrogen) atoms. The average molecular weight is 387 g/mol. The molecule has 2 aliphatic rings. The smallest absolute Gasteiger partial charge is 0.260 e. The zero-order valence-electron chi connectivity index (χ0n) is 14.8. The van der Waals surface area contributed by atoms with Gasteiger partial charge in [0.05, 0.1) is 5.02 Å². The van der Waals surface area contributed by atoms with Gasteiger partial charge in [0.25, 0.3) is 5.91 Å². The first-order valence-electron chi connectivity index (χ1n) is 9.04. The van der Waals surface area contributed by atoms with Crippen LogP contribution in [0.5, 0.6) is 5.75 Å². The Kier molecular flexibility index (Phi) is 7.85. The molecule has 4 nitrogen and oxygen atoms in total. The Bertz CT molecular complexity index is 564. The van der Waals surface area contributed by atoms with E-state index in [1.165, 1.54) is 45.2 Å². The van der Waals surface area contributed by atoms with Crippen LogP contribution in [0, 0.1) is 0 Å². The summed E-state index contributed by atoms with van der Waals surface area (Å²) < 4.78 is 5.63. The number of halogens is 2. The molecule has 2 fully saturated rings. The van der Waals surface area contributed by atoms with Gasteiger partial charge in [-0.3, -0.25) is 9.69 Å². The summed E-state index contributed by atoms with van der Waals surface area (Å²) in [6, 6.07) is 8.10. The summed E-state index contributed by atoms with van der Waals surface area (Å²) in [5, 5.41) is 0.542. The lowest BCUT2D eigenvalue weighted by atomic mass is 9.88. The van der Waals surface area contributed by atoms with E-state index >= 15 is 0 Å². The number of likely N-dealkylation sites (tertiary alicyclic amines) is 1. The second kappa shape index (κ2) is 9.65. The number of hydrogen-bond donors (Lipinski definition) is 0. The predicted molar refractivity (Wildman–Crippen MR) is 104 cm³/mol. The summed E-state index contributed by atoms with van der Waals surface area (Å²) in [6.45, 7) is 2.40. The summed E-state index contributed by atoms with van der Waals surface area (Å²) in [7, 11) is 1.93. The van der Waals surface area contributed by atoms with Gasteiger partial charge in [0.2, 0.25) is 0 Å². The Morgan fingerprint density at radius 3 is 2.60 bits per heavy atom. The molecule has 0 radical (unpaired) electrons. The molecule has 1 saturated heterocycles. The number of para-hydroxylation sites is 1. The van der Waals surface area contributed by atoms with E-state index in [2.05, 4.69) is 4.90 Å². The number of nitrogens with zero attached hydrogens (tertiary/aromatic N) is 2. The van der Waals surface area contributed by atoms with E-state index in [0.29, 0.717) is 22.9 Å². The lowest BCUT2D eigenvalue weighted by Crippen LogP contribution is -2.53. The quantitative estimate of drug-likeness (QED) is 0.766. The topological polar surface area (TPSA) is 32.8 Å². The maximum atomic E-state index is 12.6. The standard InChI is InChI=1S/C19H27ClN2O2.ClH/c1-21(19(23)14-24-18-11-5-2-8-15(18)20)16-9-3-4-10-17(16)22-12-6-7-13-22;/h2,5,8,11,16-17H,3-4,6-7,9-10,12-14H2,1H3;1H. The zero-order chi connectivity index (χ0) is 16.9. The van der Waals surface area contributed by atoms with Crippen LogP contribution in [0.25, 0.3) is 0 Å². The SMILES string of the molecule is CN(C(=O)COc1ccccc1Cl)C1CCCCC1N1CCCC1.Cl. The van der Waals surface area contributed by atoms with Crippen molar-refractivity contribution in [3.05, 3.63) is 29.3 Å². The minimum absolute atomic E-state index is 0. The van der Waals surface area contributed by atoms with Gasteiger partial charge in [0.1, 0.15) is 5.75 Å². The number of rotatable bonds is 5. The maximum absolute atomic E-state index is 12.6. The summed E-state index contributed by atoms with van der Waals surface area (Å²) in [5.41, 5.74) is 0. The highest BCUT2D eigenvalue weighted by Crippen LogP contribution is 2.29. The predicted octanol–water partition coefficient (Wildman–Crippen LogP) is 4.01. The molecule has 1 heterocycles. The number of hydrogen-bond acceptors (Lipinski definition) is 3. The minimum atomic E-state index is 0. The molecule has 2 unspecified atom stereocenters. The molecular weight excluding hydrogens is 359 g/mol. The Labute approximate surface area is 161 Å². The minimum Gasteiger partial charge on any atom is -0.482 e. The van der Waals surface area contributed by atoms with Crippen molar-refractivity contribution in [2.75, 3.05) is 26.7 Å². The molecule has 1 aliphatic heterocycles. The Morgan fingerprint density at radius 2 is 1.88 bits per heavy atom. The van der Waals surface area contributed by atoms with Crippen LogP contribution in [0.3, 0.4) is 0 Å². The van der Waals surface area contributed by atoms with Gasteiger partial charge < -0.3 is 9.64 Å². The van der Waals surface area contributed by atoms with Crippen molar-refractivity contribution in [2.45, 2.75) is 50.6 Å². The lowest BCUT2D eigenvalue weighted by molar-refractivity contribution is -0.136. The molecule has 0 N–H and O–H groups in total. The van der Waals surface area contributed by atoms with Crippen LogP contribution in [-0.2, 0) is 4.79 Å². The van der Waals surface area contributed by atoms with Crippen LogP contribution < -0.4 is 4.74 Å². The molecular formula is C19H28Cl2N2O2. The number of likely N-dealkylation sites (N-methyl/N-ethyl adjacent to an activating group) is 1. The second-order valence-corrected chi connectivity index (χ2v) is 7.29. The first kappa shape index (κ1) is 20.3. The Hall–Kier alpha value is -0.970. The summed E-state index contributed by atoms with van der Waals surface area (Å²) >= 11 is 6.09. The van der Waals surface area contributed by atoms with E-state index in [1.807, 2.05) is 24.1 Å². The van der Waals surface area contributed by atoms with E-state index < -0.39 is 0 Å². The molecule has 3 rings (SSSR count). The van der Waals surface area contributed by atoms with Crippen molar-refractivity contribution in [2.24, 2.45) is 0 Å². The third kappa shape index (κ3) is 5.02. The maximum Gasteiger partial charge on any atom is 0.260 e. The number of amides is 1. The van der Waals surface area contributed by atoms with Gasteiger partial charge in [0.15, 0.2) is 6.61 Å². The fraction of sp³-hybridized carbons (Fsp3) is 0.632. The molecule has 0 spiro atoms. The van der Waals surface area contributed by atoms with E-state index in [1.54, 1.807) is 12.1 Å². The van der Waals surface area contributed by atoms with Crippen molar-refractivity contribution in [3.63, 3.8) is 0 Å². The highest BCUT2D eigenvalue weighted by molar-refractivity contribution is 6.32. The van der Waals surface area contributed by atoms with E-state index in [0.717, 1.165) is 6.42 Å². The van der Waals surface area contributed by atoms with Crippen LogP contribution in [0.4, 0.5) is 0 Å². The Balaban J connectivity index is 0.00000225. The number of ether oxygens (including phenoxy) is 1. The monoisotopic (exact) mass is 386 g/mol.